The first-order valence-electron chi connectivity index (χ1n) is 11.8. The number of hydrogen-bond acceptors (Lipinski definition) is 7. The van der Waals surface area contributed by atoms with Gasteiger partial charge in [-0.25, -0.2) is 4.98 Å². The topological polar surface area (TPSA) is 61.8 Å². The van der Waals surface area contributed by atoms with Gasteiger partial charge in [-0.1, -0.05) is 20.8 Å². The number of nitrogens with zero attached hydrogens (tertiary/aromatic N) is 1. The molecule has 0 aliphatic rings. The maximum Gasteiger partial charge on any atom is 0.192 e. The summed E-state index contributed by atoms with van der Waals surface area (Å²) in [5, 5.41) is 4.37. The van der Waals surface area contributed by atoms with Crippen molar-refractivity contribution in [1.82, 2.24) is 4.98 Å². The summed E-state index contributed by atoms with van der Waals surface area (Å²) >= 11 is 1.67. The SMILES string of the molecule is CNc1ccc(-c2nc3ccc(OCCOCCOCCO[Si](C)(C)C(C)(C)C)cc3s2)cc1. The fourth-order valence-corrected chi connectivity index (χ4v) is 5.04. The Hall–Kier alpha value is -1.97. The number of benzene rings is 2. The predicted molar refractivity (Wildman–Crippen MR) is 145 cm³/mol. The van der Waals surface area contributed by atoms with Crippen molar-refractivity contribution >= 4 is 35.6 Å². The Morgan fingerprint density at radius 1 is 0.882 bits per heavy atom. The van der Waals surface area contributed by atoms with Gasteiger partial charge in [0.05, 0.1) is 43.3 Å². The number of anilines is 1. The molecule has 186 valence electrons. The molecule has 0 unspecified atom stereocenters. The third-order valence-corrected chi connectivity index (χ3v) is 11.8. The van der Waals surface area contributed by atoms with Gasteiger partial charge in [-0.05, 0) is 60.6 Å². The molecule has 0 atom stereocenters. The van der Waals surface area contributed by atoms with Gasteiger partial charge in [0, 0.05) is 18.3 Å². The van der Waals surface area contributed by atoms with Gasteiger partial charge in [0.15, 0.2) is 8.32 Å². The van der Waals surface area contributed by atoms with E-state index < -0.39 is 8.32 Å². The fraction of sp³-hybridized carbons (Fsp3) is 0.500. The van der Waals surface area contributed by atoms with Crippen molar-refractivity contribution < 1.29 is 18.6 Å². The van der Waals surface area contributed by atoms with Gasteiger partial charge in [-0.15, -0.1) is 11.3 Å². The van der Waals surface area contributed by atoms with E-state index in [1.165, 1.54) is 0 Å². The van der Waals surface area contributed by atoms with Gasteiger partial charge in [0.25, 0.3) is 0 Å². The van der Waals surface area contributed by atoms with E-state index in [0.717, 1.165) is 32.2 Å². The molecule has 0 saturated carbocycles. The van der Waals surface area contributed by atoms with Crippen molar-refractivity contribution in [2.45, 2.75) is 38.9 Å². The van der Waals surface area contributed by atoms with Crippen LogP contribution in [0.1, 0.15) is 20.8 Å². The zero-order valence-electron chi connectivity index (χ0n) is 21.3. The molecule has 3 aromatic rings. The van der Waals surface area contributed by atoms with Gasteiger partial charge in [0.2, 0.25) is 0 Å². The lowest BCUT2D eigenvalue weighted by atomic mass is 10.2. The Kier molecular flexibility index (Phi) is 9.50. The predicted octanol–water partition coefficient (Wildman–Crippen LogP) is 6.44. The Morgan fingerprint density at radius 2 is 1.53 bits per heavy atom. The van der Waals surface area contributed by atoms with Crippen LogP contribution in [0.15, 0.2) is 42.5 Å². The minimum absolute atomic E-state index is 0.224. The molecule has 34 heavy (non-hydrogen) atoms. The van der Waals surface area contributed by atoms with E-state index in [1.807, 2.05) is 25.2 Å². The van der Waals surface area contributed by atoms with E-state index in [9.17, 15) is 0 Å². The lowest BCUT2D eigenvalue weighted by molar-refractivity contribution is 0.0260. The molecular formula is C26H38N2O4SSi. The summed E-state index contributed by atoms with van der Waals surface area (Å²) in [7, 11) is 0.223. The van der Waals surface area contributed by atoms with E-state index in [4.69, 9.17) is 23.6 Å². The summed E-state index contributed by atoms with van der Waals surface area (Å²) in [5.41, 5.74) is 3.19. The molecule has 0 radical (unpaired) electrons. The molecule has 0 aliphatic carbocycles. The minimum Gasteiger partial charge on any atom is -0.491 e. The molecule has 0 saturated heterocycles. The van der Waals surface area contributed by atoms with Crippen LogP contribution in [0.5, 0.6) is 5.75 Å². The Morgan fingerprint density at radius 3 is 2.18 bits per heavy atom. The normalized spacial score (nSPS) is 12.3. The first-order chi connectivity index (χ1) is 16.2. The van der Waals surface area contributed by atoms with Crippen LogP contribution in [-0.4, -0.2) is 60.0 Å². The third-order valence-electron chi connectivity index (χ3n) is 6.15. The first-order valence-corrected chi connectivity index (χ1v) is 15.5. The maximum absolute atomic E-state index is 6.10. The Labute approximate surface area is 208 Å². The monoisotopic (exact) mass is 502 g/mol. The molecule has 0 fully saturated rings. The van der Waals surface area contributed by atoms with Crippen molar-refractivity contribution in [2.24, 2.45) is 0 Å². The molecule has 0 spiro atoms. The van der Waals surface area contributed by atoms with E-state index >= 15 is 0 Å². The number of rotatable bonds is 13. The summed E-state index contributed by atoms with van der Waals surface area (Å²) in [6, 6.07) is 14.3. The number of nitrogens with one attached hydrogen (secondary N) is 1. The van der Waals surface area contributed by atoms with Gasteiger partial charge in [-0.2, -0.15) is 0 Å². The second-order valence-corrected chi connectivity index (χ2v) is 15.5. The second-order valence-electron chi connectivity index (χ2n) is 9.66. The van der Waals surface area contributed by atoms with Crippen molar-refractivity contribution in [2.75, 3.05) is 52.0 Å². The van der Waals surface area contributed by atoms with Gasteiger partial charge >= 0.3 is 0 Å². The minimum atomic E-state index is -1.69. The van der Waals surface area contributed by atoms with Crippen LogP contribution in [-0.2, 0) is 13.9 Å². The zero-order valence-corrected chi connectivity index (χ0v) is 23.1. The number of fused-ring (bicyclic) bond motifs is 1. The van der Waals surface area contributed by atoms with Gasteiger partial charge in [-0.3, -0.25) is 0 Å². The highest BCUT2D eigenvalue weighted by atomic mass is 32.1. The summed E-state index contributed by atoms with van der Waals surface area (Å²) < 4.78 is 24.3. The molecule has 2 aromatic carbocycles. The average molecular weight is 503 g/mol. The molecule has 1 aromatic heterocycles. The average Bonchev–Trinajstić information content (AvgIpc) is 3.23. The van der Waals surface area contributed by atoms with Crippen molar-refractivity contribution in [3.63, 3.8) is 0 Å². The lowest BCUT2D eigenvalue weighted by Gasteiger charge is -2.36. The Balaban J connectivity index is 1.33. The van der Waals surface area contributed by atoms with Crippen LogP contribution >= 0.6 is 11.3 Å². The molecule has 0 bridgehead atoms. The van der Waals surface area contributed by atoms with Crippen molar-refractivity contribution in [3.05, 3.63) is 42.5 Å². The van der Waals surface area contributed by atoms with Crippen molar-refractivity contribution in [3.8, 4) is 16.3 Å². The molecule has 1 heterocycles. The van der Waals surface area contributed by atoms with Crippen molar-refractivity contribution in [1.29, 1.82) is 0 Å². The quantitative estimate of drug-likeness (QED) is 0.214. The second kappa shape index (κ2) is 12.1. The molecular weight excluding hydrogens is 464 g/mol. The van der Waals surface area contributed by atoms with E-state index in [0.29, 0.717) is 39.6 Å². The summed E-state index contributed by atoms with van der Waals surface area (Å²) in [4.78, 5) is 4.75. The van der Waals surface area contributed by atoms with Crippen LogP contribution in [0.3, 0.4) is 0 Å². The number of aromatic nitrogens is 1. The smallest absolute Gasteiger partial charge is 0.192 e. The molecule has 0 amide bonds. The highest BCUT2D eigenvalue weighted by Crippen LogP contribution is 2.36. The van der Waals surface area contributed by atoms with Crippen LogP contribution in [0.4, 0.5) is 5.69 Å². The van der Waals surface area contributed by atoms with E-state index in [-0.39, 0.29) is 5.04 Å². The summed E-state index contributed by atoms with van der Waals surface area (Å²) in [6.45, 7) is 14.6. The zero-order chi connectivity index (χ0) is 24.6. The van der Waals surface area contributed by atoms with E-state index in [2.05, 4.69) is 63.4 Å². The molecule has 8 heteroatoms. The number of ether oxygens (including phenoxy) is 3. The largest absolute Gasteiger partial charge is 0.491 e. The van der Waals surface area contributed by atoms with Crippen LogP contribution < -0.4 is 10.1 Å². The van der Waals surface area contributed by atoms with Crippen LogP contribution in [0.25, 0.3) is 20.8 Å². The van der Waals surface area contributed by atoms with E-state index in [1.54, 1.807) is 11.3 Å². The molecule has 0 aliphatic heterocycles. The molecule has 1 N–H and O–H groups in total. The fourth-order valence-electron chi connectivity index (χ4n) is 3.01. The lowest BCUT2D eigenvalue weighted by Crippen LogP contribution is -2.41. The van der Waals surface area contributed by atoms with Gasteiger partial charge < -0.3 is 24.0 Å². The van der Waals surface area contributed by atoms with Crippen LogP contribution in [0, 0.1) is 0 Å². The maximum atomic E-state index is 6.10. The first kappa shape index (κ1) is 26.6. The number of thiazole rings is 1. The highest BCUT2D eigenvalue weighted by molar-refractivity contribution is 7.21. The molecule has 6 nitrogen and oxygen atoms in total. The standard InChI is InChI=1S/C26H38N2O4SSi/c1-26(2,3)34(5,6)32-18-16-30-14-13-29-15-17-31-22-11-12-23-24(19-22)33-25(28-23)20-7-9-21(27-4)10-8-20/h7-12,19,27H,13-18H2,1-6H3. The highest BCUT2D eigenvalue weighted by Gasteiger charge is 2.36. The number of hydrogen-bond donors (Lipinski definition) is 1. The van der Waals surface area contributed by atoms with Gasteiger partial charge in [0.1, 0.15) is 17.4 Å². The van der Waals surface area contributed by atoms with Crippen LogP contribution in [0.2, 0.25) is 18.1 Å². The summed E-state index contributed by atoms with van der Waals surface area (Å²) in [5.74, 6) is 0.829. The summed E-state index contributed by atoms with van der Waals surface area (Å²) in [6.07, 6.45) is 0. The third kappa shape index (κ3) is 7.51. The Bertz CT molecular complexity index is 1030. The molecule has 3 rings (SSSR count).